The van der Waals surface area contributed by atoms with E-state index in [4.69, 9.17) is 36.6 Å². The third kappa shape index (κ3) is 11.3. The summed E-state index contributed by atoms with van der Waals surface area (Å²) in [5.74, 6) is 2.01. The van der Waals surface area contributed by atoms with Gasteiger partial charge < -0.3 is 24.4 Å². The lowest BCUT2D eigenvalue weighted by Gasteiger charge is -2.26. The lowest BCUT2D eigenvalue weighted by atomic mass is 10.1. The van der Waals surface area contributed by atoms with Crippen LogP contribution >= 0.6 is 0 Å². The molecule has 0 unspecified atom stereocenters. The molecule has 1 aliphatic rings. The van der Waals surface area contributed by atoms with E-state index in [-0.39, 0.29) is 0 Å². The molecule has 0 spiro atoms. The second-order valence-electron chi connectivity index (χ2n) is 9.98. The number of rotatable bonds is 12. The molecule has 0 amide bonds. The third-order valence-electron chi connectivity index (χ3n) is 6.74. The Hall–Kier alpha value is -4.34. The van der Waals surface area contributed by atoms with Crippen molar-refractivity contribution in [1.82, 2.24) is 14.9 Å². The van der Waals surface area contributed by atoms with Gasteiger partial charge in [-0.15, -0.1) is 0 Å². The number of anilines is 2. The van der Waals surface area contributed by atoms with E-state index in [1.807, 2.05) is 73.7 Å². The molecular weight excluding hydrogens is 602 g/mol. The van der Waals surface area contributed by atoms with Crippen molar-refractivity contribution in [2.75, 3.05) is 51.9 Å². The van der Waals surface area contributed by atoms with Gasteiger partial charge >= 0.3 is 10.4 Å². The number of oxime groups is 1. The molecule has 1 aromatic heterocycles. The fraction of sp³-hybridized carbons (Fsp3) is 0.323. The lowest BCUT2D eigenvalue weighted by molar-refractivity contribution is 0.0357. The van der Waals surface area contributed by atoms with E-state index in [1.54, 1.807) is 13.4 Å². The standard InChI is InChI=1S/C31H35N5O4.H2O4S/c1-23(35-40-21-24-7-4-3-5-8-24)25-9-11-26(12-10-25)34-31-27-19-30(29(37-2)20-28(27)32-22-33-31)39-16-6-13-36-14-17-38-18-15-36;1-5(2,3)4/h3-5,7-12,19-20,22H,6,13-18,21H2,1-2H3,(H,32,33,34);(H2,1,2,3,4). The summed E-state index contributed by atoms with van der Waals surface area (Å²) >= 11 is 0. The Balaban J connectivity index is 0.000000854. The number of ether oxygens (including phenoxy) is 3. The van der Waals surface area contributed by atoms with Crippen LogP contribution in [0.25, 0.3) is 10.9 Å². The lowest BCUT2D eigenvalue weighted by Crippen LogP contribution is -2.37. The Morgan fingerprint density at radius 3 is 2.42 bits per heavy atom. The molecule has 0 saturated carbocycles. The Morgan fingerprint density at radius 2 is 1.73 bits per heavy atom. The maximum atomic E-state index is 8.74. The van der Waals surface area contributed by atoms with Gasteiger partial charge in [-0.3, -0.25) is 14.0 Å². The smallest absolute Gasteiger partial charge is 0.394 e. The molecule has 1 aliphatic heterocycles. The van der Waals surface area contributed by atoms with E-state index in [9.17, 15) is 0 Å². The Labute approximate surface area is 262 Å². The van der Waals surface area contributed by atoms with Crippen LogP contribution in [0, 0.1) is 0 Å². The van der Waals surface area contributed by atoms with Crippen molar-refractivity contribution in [2.24, 2.45) is 5.16 Å². The first kappa shape index (κ1) is 33.6. The molecule has 13 nitrogen and oxygen atoms in total. The molecule has 5 rings (SSSR count). The minimum atomic E-state index is -4.67. The Morgan fingerprint density at radius 1 is 1.02 bits per heavy atom. The van der Waals surface area contributed by atoms with E-state index in [2.05, 4.69) is 25.3 Å². The number of benzene rings is 3. The van der Waals surface area contributed by atoms with Gasteiger partial charge in [0.25, 0.3) is 0 Å². The topological polar surface area (TPSA) is 165 Å². The SMILES string of the molecule is COc1cc2ncnc(Nc3ccc(C(C)=NOCc4ccccc4)cc3)c2cc1OCCCN1CCOCC1.O=S(=O)(O)O. The quantitative estimate of drug-likeness (QED) is 0.0843. The number of methoxy groups -OCH3 is 1. The molecule has 45 heavy (non-hydrogen) atoms. The first-order valence-corrected chi connectivity index (χ1v) is 15.6. The zero-order valence-electron chi connectivity index (χ0n) is 25.1. The minimum absolute atomic E-state index is 0.433. The first-order valence-electron chi connectivity index (χ1n) is 14.2. The van der Waals surface area contributed by atoms with Gasteiger partial charge in [-0.05, 0) is 42.7 Å². The second kappa shape index (κ2) is 16.7. The number of nitrogens with zero attached hydrogens (tertiary/aromatic N) is 4. The van der Waals surface area contributed by atoms with Gasteiger partial charge in [0, 0.05) is 36.8 Å². The first-order chi connectivity index (χ1) is 21.7. The van der Waals surface area contributed by atoms with E-state index in [1.165, 1.54) is 0 Å². The average molecular weight is 640 g/mol. The summed E-state index contributed by atoms with van der Waals surface area (Å²) in [6.07, 6.45) is 2.46. The molecule has 3 aromatic carbocycles. The summed E-state index contributed by atoms with van der Waals surface area (Å²) < 4.78 is 48.7. The van der Waals surface area contributed by atoms with Gasteiger partial charge in [0.2, 0.25) is 0 Å². The van der Waals surface area contributed by atoms with Crippen LogP contribution in [0.5, 0.6) is 11.5 Å². The molecule has 0 atom stereocenters. The largest absolute Gasteiger partial charge is 0.493 e. The van der Waals surface area contributed by atoms with Crippen LogP contribution in [0.3, 0.4) is 0 Å². The highest BCUT2D eigenvalue weighted by Crippen LogP contribution is 2.35. The number of nitrogens with one attached hydrogen (secondary N) is 1. The molecule has 4 aromatic rings. The summed E-state index contributed by atoms with van der Waals surface area (Å²) in [7, 11) is -3.03. The van der Waals surface area contributed by atoms with Gasteiger partial charge in [-0.2, -0.15) is 8.42 Å². The van der Waals surface area contributed by atoms with Gasteiger partial charge in [0.05, 0.1) is 38.2 Å². The number of aromatic nitrogens is 2. The average Bonchev–Trinajstić information content (AvgIpc) is 3.03. The third-order valence-corrected chi connectivity index (χ3v) is 6.74. The van der Waals surface area contributed by atoms with Gasteiger partial charge in [0.15, 0.2) is 11.5 Å². The van der Waals surface area contributed by atoms with Crippen LogP contribution in [0.2, 0.25) is 0 Å². The van der Waals surface area contributed by atoms with Gasteiger partial charge in [-0.1, -0.05) is 47.6 Å². The number of morpholine rings is 1. The number of hydrogen-bond acceptors (Lipinski definition) is 11. The molecule has 0 aliphatic carbocycles. The molecule has 0 bridgehead atoms. The Bertz CT molecular complexity index is 1640. The van der Waals surface area contributed by atoms with Gasteiger partial charge in [0.1, 0.15) is 18.8 Å². The minimum Gasteiger partial charge on any atom is -0.493 e. The molecule has 1 fully saturated rings. The summed E-state index contributed by atoms with van der Waals surface area (Å²) in [6, 6.07) is 21.8. The zero-order chi connectivity index (χ0) is 32.1. The summed E-state index contributed by atoms with van der Waals surface area (Å²) in [6.45, 7) is 7.48. The number of fused-ring (bicyclic) bond motifs is 1. The van der Waals surface area contributed by atoms with E-state index < -0.39 is 10.4 Å². The van der Waals surface area contributed by atoms with Crippen LogP contribution in [0.4, 0.5) is 11.5 Å². The molecule has 0 radical (unpaired) electrons. The highest BCUT2D eigenvalue weighted by molar-refractivity contribution is 7.79. The molecule has 2 heterocycles. The van der Waals surface area contributed by atoms with Crippen LogP contribution in [-0.4, -0.2) is 84.7 Å². The van der Waals surface area contributed by atoms with E-state index in [0.29, 0.717) is 30.5 Å². The zero-order valence-corrected chi connectivity index (χ0v) is 25.9. The predicted octanol–water partition coefficient (Wildman–Crippen LogP) is 4.77. The van der Waals surface area contributed by atoms with Crippen molar-refractivity contribution >= 4 is 38.5 Å². The maximum absolute atomic E-state index is 8.74. The van der Waals surface area contributed by atoms with E-state index >= 15 is 0 Å². The fourth-order valence-electron chi connectivity index (χ4n) is 4.49. The summed E-state index contributed by atoms with van der Waals surface area (Å²) in [5, 5.41) is 8.53. The van der Waals surface area contributed by atoms with Crippen LogP contribution in [0.15, 0.2) is 78.2 Å². The highest BCUT2D eigenvalue weighted by Gasteiger charge is 2.14. The normalized spacial score (nSPS) is 13.9. The van der Waals surface area contributed by atoms with Crippen molar-refractivity contribution in [1.29, 1.82) is 0 Å². The van der Waals surface area contributed by atoms with Crippen molar-refractivity contribution in [2.45, 2.75) is 20.0 Å². The second-order valence-corrected chi connectivity index (χ2v) is 10.9. The molecule has 1 saturated heterocycles. The molecule has 240 valence electrons. The van der Waals surface area contributed by atoms with Crippen LogP contribution < -0.4 is 14.8 Å². The van der Waals surface area contributed by atoms with E-state index in [0.717, 1.165) is 72.7 Å². The van der Waals surface area contributed by atoms with Crippen molar-refractivity contribution in [3.8, 4) is 11.5 Å². The maximum Gasteiger partial charge on any atom is 0.394 e. The fourth-order valence-corrected chi connectivity index (χ4v) is 4.49. The van der Waals surface area contributed by atoms with Crippen molar-refractivity contribution in [3.05, 3.63) is 84.2 Å². The highest BCUT2D eigenvalue weighted by atomic mass is 32.3. The molecule has 3 N–H and O–H groups in total. The Kier molecular flexibility index (Phi) is 12.4. The van der Waals surface area contributed by atoms with Crippen molar-refractivity contribution in [3.63, 3.8) is 0 Å². The van der Waals surface area contributed by atoms with Crippen LogP contribution in [0.1, 0.15) is 24.5 Å². The monoisotopic (exact) mass is 639 g/mol. The van der Waals surface area contributed by atoms with Crippen LogP contribution in [-0.2, 0) is 26.6 Å². The molecular formula is C31H37N5O8S. The van der Waals surface area contributed by atoms with Crippen molar-refractivity contribution < 1.29 is 36.6 Å². The number of hydrogen-bond donors (Lipinski definition) is 3. The predicted molar refractivity (Wildman–Crippen MR) is 171 cm³/mol. The summed E-state index contributed by atoms with van der Waals surface area (Å²) in [5.41, 5.74) is 4.52. The van der Waals surface area contributed by atoms with Gasteiger partial charge in [-0.25, -0.2) is 9.97 Å². The molecule has 14 heteroatoms. The summed E-state index contributed by atoms with van der Waals surface area (Å²) in [4.78, 5) is 16.9.